The number of thiazole rings is 1. The van der Waals surface area contributed by atoms with Crippen molar-refractivity contribution in [2.75, 3.05) is 18.6 Å². The van der Waals surface area contributed by atoms with Gasteiger partial charge in [0.25, 0.3) is 0 Å². The second kappa shape index (κ2) is 12.9. The fraction of sp³-hybridized carbons (Fsp3) is 0.346. The Balaban J connectivity index is 1.74. The van der Waals surface area contributed by atoms with E-state index in [1.54, 1.807) is 29.6 Å². The van der Waals surface area contributed by atoms with Crippen molar-refractivity contribution in [3.05, 3.63) is 59.5 Å². The van der Waals surface area contributed by atoms with Gasteiger partial charge in [-0.2, -0.15) is 0 Å². The molecule has 3 aromatic rings. The number of carbonyl (C=O) groups excluding carboxylic acids is 2. The number of amides is 1. The highest BCUT2D eigenvalue weighted by atomic mass is 32.1. The average Bonchev–Trinajstić information content (AvgIpc) is 3.35. The standard InChI is InChI=1S/C26H28F2N2O4S/c1-3-4-5-6-7-8-15-34-20-12-10-19(11-13-20)30(24(31)25(32)33-2)26-29-23(17-35-26)18-9-14-21(27)22(28)16-18/h9-14,16-17H,3-8,15H2,1-2H3. The maximum Gasteiger partial charge on any atom is 0.397 e. The zero-order chi connectivity index (χ0) is 25.2. The zero-order valence-electron chi connectivity index (χ0n) is 19.8. The molecule has 2 aromatic carbocycles. The number of nitrogens with zero attached hydrogens (tertiary/aromatic N) is 2. The maximum atomic E-state index is 13.7. The van der Waals surface area contributed by atoms with E-state index in [0.29, 0.717) is 29.3 Å². The first-order chi connectivity index (χ1) is 16.9. The van der Waals surface area contributed by atoms with E-state index in [9.17, 15) is 18.4 Å². The van der Waals surface area contributed by atoms with Crippen molar-refractivity contribution in [2.45, 2.75) is 45.4 Å². The molecule has 6 nitrogen and oxygen atoms in total. The van der Waals surface area contributed by atoms with Gasteiger partial charge in [0.1, 0.15) is 5.75 Å². The van der Waals surface area contributed by atoms with Gasteiger partial charge in [-0.05, 0) is 48.9 Å². The molecule has 0 aliphatic carbocycles. The molecule has 0 fully saturated rings. The molecule has 35 heavy (non-hydrogen) atoms. The van der Waals surface area contributed by atoms with Gasteiger partial charge >= 0.3 is 11.9 Å². The minimum Gasteiger partial charge on any atom is -0.494 e. The Bertz CT molecular complexity index is 1130. The SMILES string of the molecule is CCCCCCCCOc1ccc(N(C(=O)C(=O)OC)c2nc(-c3ccc(F)c(F)c3)cs2)cc1. The Kier molecular flexibility index (Phi) is 9.72. The van der Waals surface area contributed by atoms with Crippen LogP contribution in [-0.2, 0) is 14.3 Å². The van der Waals surface area contributed by atoms with Crippen LogP contribution in [0.1, 0.15) is 45.4 Å². The number of anilines is 2. The molecule has 3 rings (SSSR count). The van der Waals surface area contributed by atoms with Crippen LogP contribution in [0.4, 0.5) is 19.6 Å². The molecule has 0 aliphatic heterocycles. The van der Waals surface area contributed by atoms with Crippen LogP contribution in [-0.4, -0.2) is 30.6 Å². The molecule has 0 radical (unpaired) electrons. The van der Waals surface area contributed by atoms with Gasteiger partial charge in [-0.1, -0.05) is 39.0 Å². The average molecular weight is 503 g/mol. The third-order valence-electron chi connectivity index (χ3n) is 5.32. The summed E-state index contributed by atoms with van der Waals surface area (Å²) in [5, 5.41) is 1.78. The first-order valence-corrected chi connectivity index (χ1v) is 12.4. The number of benzene rings is 2. The summed E-state index contributed by atoms with van der Waals surface area (Å²) in [7, 11) is 1.12. The smallest absolute Gasteiger partial charge is 0.397 e. The molecule has 1 aromatic heterocycles. The second-order valence-electron chi connectivity index (χ2n) is 7.89. The lowest BCUT2D eigenvalue weighted by Crippen LogP contribution is -2.33. The molecular formula is C26H28F2N2O4S. The number of esters is 1. The van der Waals surface area contributed by atoms with Crippen molar-refractivity contribution >= 4 is 34.0 Å². The third-order valence-corrected chi connectivity index (χ3v) is 6.15. The lowest BCUT2D eigenvalue weighted by Gasteiger charge is -2.19. The Morgan fingerprint density at radius 1 is 0.971 bits per heavy atom. The topological polar surface area (TPSA) is 68.7 Å². The molecule has 9 heteroatoms. The van der Waals surface area contributed by atoms with Gasteiger partial charge in [-0.3, -0.25) is 4.79 Å². The van der Waals surface area contributed by atoms with Crippen LogP contribution in [0.25, 0.3) is 11.3 Å². The van der Waals surface area contributed by atoms with Gasteiger partial charge < -0.3 is 9.47 Å². The van der Waals surface area contributed by atoms with E-state index in [-0.39, 0.29) is 5.13 Å². The van der Waals surface area contributed by atoms with Crippen molar-refractivity contribution < 1.29 is 27.8 Å². The molecular weight excluding hydrogens is 474 g/mol. The lowest BCUT2D eigenvalue weighted by molar-refractivity contribution is -0.151. The Morgan fingerprint density at radius 2 is 1.69 bits per heavy atom. The number of aromatic nitrogens is 1. The van der Waals surface area contributed by atoms with Gasteiger partial charge in [0.15, 0.2) is 16.8 Å². The molecule has 0 aliphatic rings. The predicted octanol–water partition coefficient (Wildman–Crippen LogP) is 6.67. The molecule has 0 bridgehead atoms. The summed E-state index contributed by atoms with van der Waals surface area (Å²) in [4.78, 5) is 30.3. The van der Waals surface area contributed by atoms with E-state index >= 15 is 0 Å². The number of unbranched alkanes of at least 4 members (excludes halogenated alkanes) is 5. The summed E-state index contributed by atoms with van der Waals surface area (Å²) in [5.74, 6) is -3.31. The third kappa shape index (κ3) is 7.08. The van der Waals surface area contributed by atoms with Crippen molar-refractivity contribution in [3.8, 4) is 17.0 Å². The summed E-state index contributed by atoms with van der Waals surface area (Å²) < 4.78 is 37.3. The molecule has 1 heterocycles. The largest absolute Gasteiger partial charge is 0.494 e. The summed E-state index contributed by atoms with van der Waals surface area (Å²) in [5.41, 5.74) is 1.07. The molecule has 0 unspecified atom stereocenters. The Hall–Kier alpha value is -3.33. The van der Waals surface area contributed by atoms with E-state index < -0.39 is 23.5 Å². The molecule has 0 saturated carbocycles. The number of halogens is 2. The van der Waals surface area contributed by atoms with Gasteiger partial charge in [-0.15, -0.1) is 11.3 Å². The van der Waals surface area contributed by atoms with E-state index in [1.807, 2.05) is 0 Å². The van der Waals surface area contributed by atoms with Gasteiger partial charge in [0.05, 0.1) is 25.1 Å². The van der Waals surface area contributed by atoms with E-state index in [2.05, 4.69) is 16.6 Å². The predicted molar refractivity (Wildman–Crippen MR) is 132 cm³/mol. The van der Waals surface area contributed by atoms with Crippen molar-refractivity contribution in [2.24, 2.45) is 0 Å². The lowest BCUT2D eigenvalue weighted by atomic mass is 10.1. The number of rotatable bonds is 11. The van der Waals surface area contributed by atoms with Crippen molar-refractivity contribution in [3.63, 3.8) is 0 Å². The van der Waals surface area contributed by atoms with Gasteiger partial charge in [0.2, 0.25) is 0 Å². The molecule has 1 amide bonds. The highest BCUT2D eigenvalue weighted by molar-refractivity contribution is 7.14. The highest BCUT2D eigenvalue weighted by Crippen LogP contribution is 2.33. The van der Waals surface area contributed by atoms with Crippen molar-refractivity contribution in [1.29, 1.82) is 0 Å². The van der Waals surface area contributed by atoms with Gasteiger partial charge in [-0.25, -0.2) is 23.5 Å². The quantitative estimate of drug-likeness (QED) is 0.166. The minimum atomic E-state index is -1.06. The molecule has 0 saturated heterocycles. The first-order valence-electron chi connectivity index (χ1n) is 11.5. The molecule has 186 valence electrons. The van der Waals surface area contributed by atoms with Crippen LogP contribution in [0.5, 0.6) is 5.75 Å². The summed E-state index contributed by atoms with van der Waals surface area (Å²) >= 11 is 1.08. The van der Waals surface area contributed by atoms with Crippen LogP contribution < -0.4 is 9.64 Å². The Morgan fingerprint density at radius 3 is 2.37 bits per heavy atom. The number of ether oxygens (including phenoxy) is 2. The monoisotopic (exact) mass is 502 g/mol. The zero-order valence-corrected chi connectivity index (χ0v) is 20.6. The Labute approximate surface area is 207 Å². The van der Waals surface area contributed by atoms with Crippen LogP contribution in [0.15, 0.2) is 47.8 Å². The fourth-order valence-corrected chi connectivity index (χ4v) is 4.26. The maximum absolute atomic E-state index is 13.7. The highest BCUT2D eigenvalue weighted by Gasteiger charge is 2.28. The normalized spacial score (nSPS) is 10.7. The van der Waals surface area contributed by atoms with Crippen LogP contribution in [0.2, 0.25) is 0 Å². The van der Waals surface area contributed by atoms with Gasteiger partial charge in [0, 0.05) is 10.9 Å². The summed E-state index contributed by atoms with van der Waals surface area (Å²) in [6.07, 6.45) is 6.98. The van der Waals surface area contributed by atoms with Crippen LogP contribution in [0, 0.1) is 11.6 Å². The molecule has 0 atom stereocenters. The summed E-state index contributed by atoms with van der Waals surface area (Å²) in [6.45, 7) is 2.78. The van der Waals surface area contributed by atoms with E-state index in [1.165, 1.54) is 31.7 Å². The number of methoxy groups -OCH3 is 1. The van der Waals surface area contributed by atoms with Crippen LogP contribution in [0.3, 0.4) is 0 Å². The second-order valence-corrected chi connectivity index (χ2v) is 8.72. The summed E-state index contributed by atoms with van der Waals surface area (Å²) in [6, 6.07) is 10.1. The minimum absolute atomic E-state index is 0.181. The number of hydrogen-bond acceptors (Lipinski definition) is 6. The van der Waals surface area contributed by atoms with Crippen LogP contribution >= 0.6 is 11.3 Å². The molecule has 0 N–H and O–H groups in total. The fourth-order valence-electron chi connectivity index (χ4n) is 3.41. The number of hydrogen-bond donors (Lipinski definition) is 0. The van der Waals surface area contributed by atoms with Crippen molar-refractivity contribution in [1.82, 2.24) is 4.98 Å². The van der Waals surface area contributed by atoms with E-state index in [4.69, 9.17) is 4.74 Å². The first kappa shape index (κ1) is 26.3. The van der Waals surface area contributed by atoms with E-state index in [0.717, 1.165) is 48.3 Å². The molecule has 0 spiro atoms. The number of carbonyl (C=O) groups is 2.